The number of anilines is 1. The van der Waals surface area contributed by atoms with Gasteiger partial charge in [-0.3, -0.25) is 0 Å². The van der Waals surface area contributed by atoms with E-state index in [4.69, 9.17) is 4.42 Å². The number of rotatable bonds is 8. The number of hydrogen-bond donors (Lipinski definition) is 2. The molecule has 1 rings (SSSR count). The molecule has 5 nitrogen and oxygen atoms in total. The van der Waals surface area contributed by atoms with E-state index in [1.165, 1.54) is 0 Å². The lowest BCUT2D eigenvalue weighted by atomic mass is 10.2. The zero-order chi connectivity index (χ0) is 11.8. The van der Waals surface area contributed by atoms with Gasteiger partial charge in [0.1, 0.15) is 0 Å². The minimum Gasteiger partial charge on any atom is -0.407 e. The summed E-state index contributed by atoms with van der Waals surface area (Å²) in [7, 11) is 0. The summed E-state index contributed by atoms with van der Waals surface area (Å²) in [6.07, 6.45) is 2.11. The molecule has 0 aliphatic rings. The van der Waals surface area contributed by atoms with E-state index in [0.717, 1.165) is 18.8 Å². The molecule has 0 aliphatic heterocycles. The molecule has 1 aromatic rings. The molecule has 0 radical (unpaired) electrons. The van der Waals surface area contributed by atoms with E-state index in [9.17, 15) is 0 Å². The molecule has 2 N–H and O–H groups in total. The lowest BCUT2D eigenvalue weighted by molar-refractivity contribution is 0.479. The van der Waals surface area contributed by atoms with Gasteiger partial charge in [0.25, 0.3) is 0 Å². The fraction of sp³-hybridized carbons (Fsp3) is 0.800. The van der Waals surface area contributed by atoms with Gasteiger partial charge in [-0.2, -0.15) is 11.8 Å². The second-order valence-electron chi connectivity index (χ2n) is 3.72. The first-order chi connectivity index (χ1) is 7.76. The minimum atomic E-state index is 0.515. The van der Waals surface area contributed by atoms with E-state index in [1.807, 2.05) is 18.7 Å². The van der Waals surface area contributed by atoms with E-state index in [-0.39, 0.29) is 0 Å². The Bertz CT molecular complexity index is 292. The van der Waals surface area contributed by atoms with Gasteiger partial charge in [-0.15, -0.1) is 5.10 Å². The average molecular weight is 244 g/mol. The summed E-state index contributed by atoms with van der Waals surface area (Å²) in [5.41, 5.74) is 0. The zero-order valence-electron chi connectivity index (χ0n) is 10.1. The van der Waals surface area contributed by atoms with Crippen molar-refractivity contribution in [2.24, 2.45) is 5.92 Å². The second kappa shape index (κ2) is 7.51. The molecule has 16 heavy (non-hydrogen) atoms. The molecule has 1 unspecified atom stereocenters. The molecular weight excluding hydrogens is 224 g/mol. The highest BCUT2D eigenvalue weighted by Crippen LogP contribution is 2.08. The number of nitrogens with zero attached hydrogens (tertiary/aromatic N) is 2. The number of nitrogens with one attached hydrogen (secondary N) is 2. The Morgan fingerprint density at radius 1 is 1.44 bits per heavy atom. The standard InChI is InChI=1S/C10H20N4OS/c1-4-11-6-9-13-14-10(15-9)12-5-8(2)7-16-3/h8,11H,4-7H2,1-3H3,(H,12,14). The first-order valence-corrected chi connectivity index (χ1v) is 6.91. The van der Waals surface area contributed by atoms with Crippen LogP contribution < -0.4 is 10.6 Å². The first kappa shape index (κ1) is 13.3. The van der Waals surface area contributed by atoms with Gasteiger partial charge < -0.3 is 15.1 Å². The molecule has 0 amide bonds. The van der Waals surface area contributed by atoms with Crippen LogP contribution in [0.2, 0.25) is 0 Å². The maximum absolute atomic E-state index is 5.41. The number of thioether (sulfide) groups is 1. The van der Waals surface area contributed by atoms with E-state index < -0.39 is 0 Å². The average Bonchev–Trinajstić information content (AvgIpc) is 2.72. The third-order valence-corrected chi connectivity index (χ3v) is 2.95. The third-order valence-electron chi connectivity index (χ3n) is 2.05. The summed E-state index contributed by atoms with van der Waals surface area (Å²) in [4.78, 5) is 0. The van der Waals surface area contributed by atoms with Crippen LogP contribution >= 0.6 is 11.8 Å². The van der Waals surface area contributed by atoms with Crippen LogP contribution in [0, 0.1) is 5.92 Å². The predicted molar refractivity (Wildman–Crippen MR) is 67.7 cm³/mol. The zero-order valence-corrected chi connectivity index (χ0v) is 10.9. The summed E-state index contributed by atoms with van der Waals surface area (Å²) in [6.45, 7) is 6.63. The van der Waals surface area contributed by atoms with Crippen molar-refractivity contribution in [2.45, 2.75) is 20.4 Å². The van der Waals surface area contributed by atoms with Crippen molar-refractivity contribution in [3.8, 4) is 0 Å². The van der Waals surface area contributed by atoms with Crippen LogP contribution in [0.4, 0.5) is 6.01 Å². The van der Waals surface area contributed by atoms with Gasteiger partial charge >= 0.3 is 6.01 Å². The topological polar surface area (TPSA) is 63.0 Å². The summed E-state index contributed by atoms with van der Waals surface area (Å²) < 4.78 is 5.41. The van der Waals surface area contributed by atoms with Crippen molar-refractivity contribution < 1.29 is 4.42 Å². The lowest BCUT2D eigenvalue weighted by Crippen LogP contribution is -2.13. The van der Waals surface area contributed by atoms with Gasteiger partial charge in [0.2, 0.25) is 5.89 Å². The molecule has 0 saturated heterocycles. The van der Waals surface area contributed by atoms with Crippen LogP contribution in [0.15, 0.2) is 4.42 Å². The van der Waals surface area contributed by atoms with Crippen molar-refractivity contribution in [3.63, 3.8) is 0 Å². The summed E-state index contributed by atoms with van der Waals surface area (Å²) in [5.74, 6) is 2.35. The van der Waals surface area contributed by atoms with Crippen molar-refractivity contribution in [1.29, 1.82) is 0 Å². The van der Waals surface area contributed by atoms with E-state index in [0.29, 0.717) is 24.4 Å². The van der Waals surface area contributed by atoms with Crippen molar-refractivity contribution in [1.82, 2.24) is 15.5 Å². The van der Waals surface area contributed by atoms with Crippen molar-refractivity contribution in [2.75, 3.05) is 30.4 Å². The summed E-state index contributed by atoms with van der Waals surface area (Å²) in [5, 5.41) is 14.1. The lowest BCUT2D eigenvalue weighted by Gasteiger charge is -2.08. The van der Waals surface area contributed by atoms with E-state index in [2.05, 4.69) is 34.0 Å². The Balaban J connectivity index is 2.28. The minimum absolute atomic E-state index is 0.515. The molecule has 0 aromatic carbocycles. The van der Waals surface area contributed by atoms with Gasteiger partial charge in [0.05, 0.1) is 6.54 Å². The van der Waals surface area contributed by atoms with Gasteiger partial charge in [-0.1, -0.05) is 18.9 Å². The van der Waals surface area contributed by atoms with Crippen LogP contribution in [0.5, 0.6) is 0 Å². The molecule has 92 valence electrons. The normalized spacial score (nSPS) is 12.7. The Kier molecular flexibility index (Phi) is 6.25. The quantitative estimate of drug-likeness (QED) is 0.724. The molecule has 0 aliphatic carbocycles. The molecule has 1 heterocycles. The van der Waals surface area contributed by atoms with Crippen molar-refractivity contribution in [3.05, 3.63) is 5.89 Å². The number of hydrogen-bond acceptors (Lipinski definition) is 6. The predicted octanol–water partition coefficient (Wildman–Crippen LogP) is 1.59. The van der Waals surface area contributed by atoms with Gasteiger partial charge in [-0.25, -0.2) is 0 Å². The molecule has 0 bridgehead atoms. The van der Waals surface area contributed by atoms with Crippen LogP contribution in [-0.2, 0) is 6.54 Å². The largest absolute Gasteiger partial charge is 0.407 e. The molecule has 0 saturated carbocycles. The summed E-state index contributed by atoms with van der Waals surface area (Å²) in [6, 6.07) is 0.515. The highest BCUT2D eigenvalue weighted by molar-refractivity contribution is 7.98. The SMILES string of the molecule is CCNCc1nnc(NCC(C)CSC)o1. The Morgan fingerprint density at radius 2 is 2.25 bits per heavy atom. The molecule has 0 fully saturated rings. The van der Waals surface area contributed by atoms with Crippen LogP contribution in [0.1, 0.15) is 19.7 Å². The Hall–Kier alpha value is -0.750. The van der Waals surface area contributed by atoms with Crippen LogP contribution in [0.3, 0.4) is 0 Å². The van der Waals surface area contributed by atoms with E-state index >= 15 is 0 Å². The van der Waals surface area contributed by atoms with Crippen LogP contribution in [0.25, 0.3) is 0 Å². The molecule has 0 spiro atoms. The molecule has 1 aromatic heterocycles. The number of aromatic nitrogens is 2. The fourth-order valence-electron chi connectivity index (χ4n) is 1.23. The van der Waals surface area contributed by atoms with Gasteiger partial charge in [0, 0.05) is 6.54 Å². The highest BCUT2D eigenvalue weighted by atomic mass is 32.2. The maximum atomic E-state index is 5.41. The highest BCUT2D eigenvalue weighted by Gasteiger charge is 2.06. The van der Waals surface area contributed by atoms with Gasteiger partial charge in [-0.05, 0) is 24.5 Å². The molecular formula is C10H20N4OS. The molecule has 1 atom stereocenters. The van der Waals surface area contributed by atoms with Gasteiger partial charge in [0.15, 0.2) is 0 Å². The molecule has 6 heteroatoms. The monoisotopic (exact) mass is 244 g/mol. The Morgan fingerprint density at radius 3 is 2.94 bits per heavy atom. The van der Waals surface area contributed by atoms with Crippen LogP contribution in [-0.4, -0.2) is 35.3 Å². The maximum Gasteiger partial charge on any atom is 0.315 e. The first-order valence-electron chi connectivity index (χ1n) is 5.52. The van der Waals surface area contributed by atoms with E-state index in [1.54, 1.807) is 0 Å². The smallest absolute Gasteiger partial charge is 0.315 e. The second-order valence-corrected chi connectivity index (χ2v) is 4.63. The Labute approximate surface area is 101 Å². The third kappa shape index (κ3) is 4.85. The van der Waals surface area contributed by atoms with Crippen molar-refractivity contribution >= 4 is 17.8 Å². The summed E-state index contributed by atoms with van der Waals surface area (Å²) >= 11 is 1.84. The fourth-order valence-corrected chi connectivity index (χ4v) is 1.92.